The smallest absolute Gasteiger partial charge is 0.227 e. The highest BCUT2D eigenvalue weighted by Crippen LogP contribution is 2.17. The molecule has 2 N–H and O–H groups in total. The summed E-state index contributed by atoms with van der Waals surface area (Å²) in [6, 6.07) is 12.8. The van der Waals surface area contributed by atoms with Crippen LogP contribution in [0.5, 0.6) is 11.5 Å². The van der Waals surface area contributed by atoms with Gasteiger partial charge in [0.2, 0.25) is 5.78 Å². The fourth-order valence-electron chi connectivity index (χ4n) is 1.72. The van der Waals surface area contributed by atoms with Crippen molar-refractivity contribution in [3.8, 4) is 11.5 Å². The zero-order valence-electron chi connectivity index (χ0n) is 10.9. The van der Waals surface area contributed by atoms with Crippen LogP contribution in [0.4, 0.5) is 0 Å². The standard InChI is InChI=1S/C16H14O4/c1-20-14-7-5-11(6-8-14)9-15(18)16(19)12-3-2-4-13(17)10-12/h2-10,17-18H,1H3. The van der Waals surface area contributed by atoms with Crippen molar-refractivity contribution in [3.63, 3.8) is 0 Å². The van der Waals surface area contributed by atoms with E-state index >= 15 is 0 Å². The van der Waals surface area contributed by atoms with E-state index in [4.69, 9.17) is 4.74 Å². The molecule has 4 heteroatoms. The van der Waals surface area contributed by atoms with Crippen molar-refractivity contribution in [1.82, 2.24) is 0 Å². The summed E-state index contributed by atoms with van der Waals surface area (Å²) in [7, 11) is 1.56. The summed E-state index contributed by atoms with van der Waals surface area (Å²) >= 11 is 0. The molecular weight excluding hydrogens is 256 g/mol. The van der Waals surface area contributed by atoms with E-state index in [1.165, 1.54) is 24.3 Å². The molecule has 102 valence electrons. The number of Topliss-reactive ketones (excluding diaryl/α,β-unsaturated/α-hetero) is 1. The molecule has 0 amide bonds. The van der Waals surface area contributed by atoms with Gasteiger partial charge in [0.25, 0.3) is 0 Å². The Labute approximate surface area is 116 Å². The quantitative estimate of drug-likeness (QED) is 0.508. The second-order valence-electron chi connectivity index (χ2n) is 4.18. The molecule has 0 saturated carbocycles. The Morgan fingerprint density at radius 2 is 1.85 bits per heavy atom. The highest BCUT2D eigenvalue weighted by atomic mass is 16.5. The predicted molar refractivity (Wildman–Crippen MR) is 76.0 cm³/mol. The van der Waals surface area contributed by atoms with Gasteiger partial charge in [0.15, 0.2) is 5.76 Å². The summed E-state index contributed by atoms with van der Waals surface area (Å²) in [6.45, 7) is 0. The fraction of sp³-hybridized carbons (Fsp3) is 0.0625. The van der Waals surface area contributed by atoms with Gasteiger partial charge in [-0.2, -0.15) is 0 Å². The number of aliphatic hydroxyl groups excluding tert-OH is 1. The number of phenolic OH excluding ortho intramolecular Hbond substituents is 1. The first-order valence-corrected chi connectivity index (χ1v) is 5.98. The van der Waals surface area contributed by atoms with E-state index in [9.17, 15) is 15.0 Å². The fourth-order valence-corrected chi connectivity index (χ4v) is 1.72. The lowest BCUT2D eigenvalue weighted by molar-refractivity contribution is 0.0980. The lowest BCUT2D eigenvalue weighted by Crippen LogP contribution is -2.02. The van der Waals surface area contributed by atoms with E-state index < -0.39 is 5.78 Å². The van der Waals surface area contributed by atoms with E-state index in [1.807, 2.05) is 0 Å². The number of allylic oxidation sites excluding steroid dienone is 1. The number of ketones is 1. The number of benzene rings is 2. The van der Waals surface area contributed by atoms with Gasteiger partial charge in [0.1, 0.15) is 11.5 Å². The van der Waals surface area contributed by atoms with Crippen LogP contribution in [0.25, 0.3) is 6.08 Å². The van der Waals surface area contributed by atoms with Gasteiger partial charge in [-0.25, -0.2) is 0 Å². The van der Waals surface area contributed by atoms with Crippen LogP contribution in [0.3, 0.4) is 0 Å². The lowest BCUT2D eigenvalue weighted by atomic mass is 10.1. The number of aromatic hydroxyl groups is 1. The maximum Gasteiger partial charge on any atom is 0.227 e. The third kappa shape index (κ3) is 3.17. The van der Waals surface area contributed by atoms with E-state index in [2.05, 4.69) is 0 Å². The summed E-state index contributed by atoms with van der Waals surface area (Å²) in [5.74, 6) is -0.258. The van der Waals surface area contributed by atoms with Gasteiger partial charge in [-0.1, -0.05) is 24.3 Å². The molecule has 0 bridgehead atoms. The molecule has 0 spiro atoms. The van der Waals surface area contributed by atoms with Crippen LogP contribution in [0.2, 0.25) is 0 Å². The number of carbonyl (C=O) groups excluding carboxylic acids is 1. The normalized spacial score (nSPS) is 11.2. The van der Waals surface area contributed by atoms with Crippen LogP contribution in [-0.2, 0) is 0 Å². The van der Waals surface area contributed by atoms with Crippen LogP contribution in [-0.4, -0.2) is 23.1 Å². The van der Waals surface area contributed by atoms with Crippen molar-refractivity contribution in [1.29, 1.82) is 0 Å². The Hall–Kier alpha value is -2.75. The van der Waals surface area contributed by atoms with Gasteiger partial charge in [-0.3, -0.25) is 4.79 Å². The number of phenols is 1. The SMILES string of the molecule is COc1ccc(C=C(O)C(=O)c2cccc(O)c2)cc1. The minimum absolute atomic E-state index is 0.0203. The van der Waals surface area contributed by atoms with Gasteiger partial charge >= 0.3 is 0 Å². The van der Waals surface area contributed by atoms with Crippen molar-refractivity contribution in [2.45, 2.75) is 0 Å². The molecule has 0 aliphatic heterocycles. The highest BCUT2D eigenvalue weighted by molar-refractivity contribution is 6.09. The molecule has 0 saturated heterocycles. The molecule has 20 heavy (non-hydrogen) atoms. The van der Waals surface area contributed by atoms with Crippen molar-refractivity contribution in [2.24, 2.45) is 0 Å². The van der Waals surface area contributed by atoms with Crippen molar-refractivity contribution < 1.29 is 19.7 Å². The molecule has 2 aromatic rings. The number of carbonyl (C=O) groups is 1. The Balaban J connectivity index is 2.23. The van der Waals surface area contributed by atoms with E-state index in [-0.39, 0.29) is 17.1 Å². The second kappa shape index (κ2) is 5.93. The maximum atomic E-state index is 12.0. The topological polar surface area (TPSA) is 66.8 Å². The first-order chi connectivity index (χ1) is 9.60. The van der Waals surface area contributed by atoms with E-state index in [1.54, 1.807) is 37.4 Å². The summed E-state index contributed by atoms with van der Waals surface area (Å²) in [5, 5.41) is 19.2. The minimum Gasteiger partial charge on any atom is -0.508 e. The first kappa shape index (κ1) is 13.7. The molecule has 0 heterocycles. The first-order valence-electron chi connectivity index (χ1n) is 5.98. The number of hydrogen-bond donors (Lipinski definition) is 2. The maximum absolute atomic E-state index is 12.0. The van der Waals surface area contributed by atoms with E-state index in [0.717, 1.165) is 0 Å². The molecule has 0 aliphatic rings. The Morgan fingerprint density at radius 3 is 2.45 bits per heavy atom. The molecule has 0 fully saturated rings. The molecule has 4 nitrogen and oxygen atoms in total. The Morgan fingerprint density at radius 1 is 1.15 bits per heavy atom. The van der Waals surface area contributed by atoms with Gasteiger partial charge in [0.05, 0.1) is 7.11 Å². The van der Waals surface area contributed by atoms with Crippen LogP contribution in [0.15, 0.2) is 54.3 Å². The lowest BCUT2D eigenvalue weighted by Gasteiger charge is -2.02. The van der Waals surface area contributed by atoms with Gasteiger partial charge in [-0.05, 0) is 35.9 Å². The summed E-state index contributed by atoms with van der Waals surface area (Å²) < 4.78 is 5.03. The zero-order chi connectivity index (χ0) is 14.5. The number of methoxy groups -OCH3 is 1. The summed E-state index contributed by atoms with van der Waals surface area (Å²) in [4.78, 5) is 12.0. The molecule has 0 atom stereocenters. The number of ether oxygens (including phenoxy) is 1. The van der Waals surface area contributed by atoms with E-state index in [0.29, 0.717) is 11.3 Å². The third-order valence-electron chi connectivity index (χ3n) is 2.76. The van der Waals surface area contributed by atoms with Crippen molar-refractivity contribution >= 4 is 11.9 Å². The average molecular weight is 270 g/mol. The molecule has 0 unspecified atom stereocenters. The largest absolute Gasteiger partial charge is 0.508 e. The van der Waals surface area contributed by atoms with Crippen LogP contribution in [0, 0.1) is 0 Å². The predicted octanol–water partition coefficient (Wildman–Crippen LogP) is 3.18. The van der Waals surface area contributed by atoms with Crippen LogP contribution < -0.4 is 4.74 Å². The Kier molecular flexibility index (Phi) is 4.05. The molecule has 2 aromatic carbocycles. The molecular formula is C16H14O4. The van der Waals surface area contributed by atoms with Crippen molar-refractivity contribution in [2.75, 3.05) is 7.11 Å². The number of aliphatic hydroxyl groups is 1. The zero-order valence-corrected chi connectivity index (χ0v) is 10.9. The third-order valence-corrected chi connectivity index (χ3v) is 2.76. The van der Waals surface area contributed by atoms with Gasteiger partial charge in [0, 0.05) is 5.56 Å². The molecule has 0 aliphatic carbocycles. The van der Waals surface area contributed by atoms with Crippen molar-refractivity contribution in [3.05, 3.63) is 65.4 Å². The van der Waals surface area contributed by atoms with Gasteiger partial charge in [-0.15, -0.1) is 0 Å². The monoisotopic (exact) mass is 270 g/mol. The average Bonchev–Trinajstić information content (AvgIpc) is 2.47. The number of rotatable bonds is 4. The summed E-state index contributed by atoms with van der Waals surface area (Å²) in [5.41, 5.74) is 0.907. The second-order valence-corrected chi connectivity index (χ2v) is 4.18. The highest BCUT2D eigenvalue weighted by Gasteiger charge is 2.11. The molecule has 2 rings (SSSR count). The summed E-state index contributed by atoms with van der Waals surface area (Å²) in [6.07, 6.45) is 1.37. The minimum atomic E-state index is -0.545. The van der Waals surface area contributed by atoms with Crippen LogP contribution in [0.1, 0.15) is 15.9 Å². The molecule has 0 aromatic heterocycles. The van der Waals surface area contributed by atoms with Crippen LogP contribution >= 0.6 is 0 Å². The molecule has 0 radical (unpaired) electrons. The number of hydrogen-bond acceptors (Lipinski definition) is 4. The van der Waals surface area contributed by atoms with Gasteiger partial charge < -0.3 is 14.9 Å². The Bertz CT molecular complexity index is 642.